The molecule has 0 aliphatic rings. The number of nitrogens with one attached hydrogen (secondary N) is 8. The minimum Gasteiger partial charge on any atom is -0.508 e. The molecule has 0 aliphatic heterocycles. The van der Waals surface area contributed by atoms with Gasteiger partial charge in [-0.2, -0.15) is 0 Å². The van der Waals surface area contributed by atoms with E-state index in [2.05, 4.69) is 47.5 Å². The first-order valence-corrected chi connectivity index (χ1v) is 24.4. The zero-order chi connectivity index (χ0) is 56.7. The van der Waals surface area contributed by atoms with Crippen LogP contribution in [0.3, 0.4) is 0 Å². The van der Waals surface area contributed by atoms with Gasteiger partial charge in [-0.25, -0.2) is 4.79 Å². The Kier molecular flexibility index (Phi) is 26.4. The maximum Gasteiger partial charge on any atom is 0.326 e. The molecular formula is C49H76N12O14. The first-order valence-electron chi connectivity index (χ1n) is 24.4. The van der Waals surface area contributed by atoms with E-state index in [1.807, 2.05) is 13.8 Å². The average Bonchev–Trinajstić information content (AvgIpc) is 3.32. The minimum absolute atomic E-state index is 0.0197. The van der Waals surface area contributed by atoms with Crippen LogP contribution in [0.2, 0.25) is 0 Å². The number of aliphatic hydroxyl groups is 2. The maximum atomic E-state index is 13.9. The zero-order valence-corrected chi connectivity index (χ0v) is 43.3. The number of carbonyl (C=O) groups excluding carboxylic acids is 8. The molecule has 0 bridgehead atoms. The number of guanidine groups is 1. The summed E-state index contributed by atoms with van der Waals surface area (Å²) in [5.41, 5.74) is 17.5. The summed E-state index contributed by atoms with van der Waals surface area (Å²) >= 11 is 0. The lowest BCUT2D eigenvalue weighted by Crippen LogP contribution is -2.62. The van der Waals surface area contributed by atoms with E-state index >= 15 is 0 Å². The van der Waals surface area contributed by atoms with Crippen LogP contribution in [0.5, 0.6) is 11.5 Å². The minimum atomic E-state index is -1.78. The van der Waals surface area contributed by atoms with Gasteiger partial charge in [0.1, 0.15) is 59.8 Å². The summed E-state index contributed by atoms with van der Waals surface area (Å²) in [7, 11) is 0. The third-order valence-electron chi connectivity index (χ3n) is 11.3. The molecule has 8 amide bonds. The molecule has 416 valence electrons. The van der Waals surface area contributed by atoms with E-state index in [1.54, 1.807) is 13.8 Å². The number of phenols is 2. The molecule has 19 N–H and O–H groups in total. The number of hydrogen-bond donors (Lipinski definition) is 16. The van der Waals surface area contributed by atoms with E-state index in [0.717, 1.165) is 6.92 Å². The van der Waals surface area contributed by atoms with E-state index in [1.165, 1.54) is 62.4 Å². The Morgan fingerprint density at radius 3 is 1.36 bits per heavy atom. The van der Waals surface area contributed by atoms with Gasteiger partial charge in [-0.1, -0.05) is 52.0 Å². The summed E-state index contributed by atoms with van der Waals surface area (Å²) in [4.78, 5) is 124. The molecule has 0 saturated carbocycles. The van der Waals surface area contributed by atoms with Gasteiger partial charge < -0.3 is 85.3 Å². The molecule has 10 atom stereocenters. The van der Waals surface area contributed by atoms with Crippen molar-refractivity contribution in [3.05, 3.63) is 59.7 Å². The average molecular weight is 1060 g/mol. The summed E-state index contributed by atoms with van der Waals surface area (Å²) in [5, 5.41) is 70.0. The Balaban J connectivity index is 2.29. The molecule has 2 aromatic carbocycles. The summed E-state index contributed by atoms with van der Waals surface area (Å²) in [6, 6.07) is -1.55. The topological polar surface area (TPSA) is 441 Å². The predicted molar refractivity (Wildman–Crippen MR) is 274 cm³/mol. The molecule has 0 spiro atoms. The van der Waals surface area contributed by atoms with Crippen molar-refractivity contribution in [3.63, 3.8) is 0 Å². The predicted octanol–water partition coefficient (Wildman–Crippen LogP) is -3.27. The van der Waals surface area contributed by atoms with Crippen LogP contribution in [0.15, 0.2) is 53.5 Å². The van der Waals surface area contributed by atoms with Gasteiger partial charge in [0, 0.05) is 19.4 Å². The number of nitrogens with two attached hydrogens (primary N) is 3. The smallest absolute Gasteiger partial charge is 0.326 e. The van der Waals surface area contributed by atoms with Crippen molar-refractivity contribution >= 4 is 59.2 Å². The van der Waals surface area contributed by atoms with Gasteiger partial charge in [0.2, 0.25) is 47.3 Å². The van der Waals surface area contributed by atoms with E-state index in [9.17, 15) is 68.7 Å². The highest BCUT2D eigenvalue weighted by atomic mass is 16.4. The van der Waals surface area contributed by atoms with E-state index < -0.39 is 120 Å². The van der Waals surface area contributed by atoms with Crippen LogP contribution < -0.4 is 59.7 Å². The number of benzene rings is 2. The normalized spacial score (nSPS) is 15.1. The lowest BCUT2D eigenvalue weighted by molar-refractivity contribution is -0.142. The fourth-order valence-corrected chi connectivity index (χ4v) is 7.23. The molecule has 75 heavy (non-hydrogen) atoms. The van der Waals surface area contributed by atoms with Crippen LogP contribution in [-0.4, -0.2) is 158 Å². The molecule has 26 heteroatoms. The molecule has 0 saturated heterocycles. The van der Waals surface area contributed by atoms with Crippen LogP contribution in [0.1, 0.15) is 85.3 Å². The lowest BCUT2D eigenvalue weighted by atomic mass is 9.99. The maximum absolute atomic E-state index is 13.9. The number of aliphatic imine (C=N–C) groups is 1. The molecule has 0 fully saturated rings. The number of aliphatic hydroxyl groups excluding tert-OH is 2. The number of aliphatic carboxylic acids is 1. The van der Waals surface area contributed by atoms with Crippen molar-refractivity contribution < 1.29 is 68.7 Å². The fraction of sp³-hybridized carbons (Fsp3) is 0.551. The molecule has 2 aromatic rings. The van der Waals surface area contributed by atoms with Gasteiger partial charge in [0.05, 0.1) is 18.8 Å². The van der Waals surface area contributed by atoms with Gasteiger partial charge in [-0.05, 0) is 93.7 Å². The quantitative estimate of drug-likeness (QED) is 0.0200. The van der Waals surface area contributed by atoms with Crippen LogP contribution in [0.25, 0.3) is 0 Å². The van der Waals surface area contributed by atoms with Crippen LogP contribution >= 0.6 is 0 Å². The molecule has 0 aromatic heterocycles. The molecular weight excluding hydrogens is 981 g/mol. The zero-order valence-electron chi connectivity index (χ0n) is 43.3. The second-order valence-corrected chi connectivity index (χ2v) is 19.1. The van der Waals surface area contributed by atoms with Crippen molar-refractivity contribution in [2.24, 2.45) is 34.0 Å². The molecule has 0 unspecified atom stereocenters. The van der Waals surface area contributed by atoms with Gasteiger partial charge in [-0.15, -0.1) is 0 Å². The van der Waals surface area contributed by atoms with E-state index in [-0.39, 0.29) is 74.4 Å². The first-order chi connectivity index (χ1) is 35.1. The number of amides is 8. The van der Waals surface area contributed by atoms with Gasteiger partial charge in [-0.3, -0.25) is 43.3 Å². The van der Waals surface area contributed by atoms with Crippen LogP contribution in [0, 0.1) is 11.8 Å². The summed E-state index contributed by atoms with van der Waals surface area (Å²) < 4.78 is 0. The number of aromatic hydroxyl groups is 2. The molecule has 26 nitrogen and oxygen atoms in total. The van der Waals surface area contributed by atoms with E-state index in [0.29, 0.717) is 11.1 Å². The summed E-state index contributed by atoms with van der Waals surface area (Å²) in [6.07, 6.45) is -1.78. The van der Waals surface area contributed by atoms with Crippen molar-refractivity contribution in [3.8, 4) is 11.5 Å². The van der Waals surface area contributed by atoms with Crippen molar-refractivity contribution in [2.75, 3.05) is 13.2 Å². The molecule has 2 rings (SSSR count). The van der Waals surface area contributed by atoms with Gasteiger partial charge in [0.15, 0.2) is 5.96 Å². The third kappa shape index (κ3) is 23.0. The number of rotatable bonds is 31. The highest BCUT2D eigenvalue weighted by Gasteiger charge is 2.35. The second kappa shape index (κ2) is 31.2. The van der Waals surface area contributed by atoms with Crippen molar-refractivity contribution in [1.29, 1.82) is 0 Å². The Bertz CT molecular complexity index is 2270. The standard InChI is InChI=1S/C49H76N12O14/c1-24(2)19-34(56-40(66)26(5)50)44(70)57-35(20-25(3)4)43(69)55-33(9-8-18-53-49(51)52)42(68)60-38(23-62)46(72)54-27(6)41(67)61-39(28(7)63)47(73)58-36(21-29-10-14-31(64)15-11-29)45(71)59-37(48(74)75)22-30-12-16-32(65)17-13-30/h10-17,24-28,33-39,62-65H,8-9,18-23,50H2,1-7H3,(H,54,72)(H,55,69)(H,56,66)(H,57,70)(H,58,73)(H,59,71)(H,60,68)(H,61,67)(H,74,75)(H4,51,52,53)/t26-,27-,28+,33-,34-,35-,36-,37-,38-,39-/m0/s1. The monoisotopic (exact) mass is 1060 g/mol. The number of phenolic OH excluding ortho intramolecular Hbond substituents is 2. The fourth-order valence-electron chi connectivity index (χ4n) is 7.23. The van der Waals surface area contributed by atoms with Crippen LogP contribution in [0.4, 0.5) is 0 Å². The molecule has 0 radical (unpaired) electrons. The largest absolute Gasteiger partial charge is 0.508 e. The Labute approximate surface area is 435 Å². The molecule has 0 aliphatic carbocycles. The lowest BCUT2D eigenvalue weighted by Gasteiger charge is -2.28. The number of carboxylic acids is 1. The van der Waals surface area contributed by atoms with Crippen LogP contribution in [-0.2, 0) is 56.0 Å². The molecule has 0 heterocycles. The number of carbonyl (C=O) groups is 9. The number of nitrogens with zero attached hydrogens (tertiary/aromatic N) is 1. The number of carboxylic acid groups (broad SMARTS) is 1. The van der Waals surface area contributed by atoms with Gasteiger partial charge >= 0.3 is 5.97 Å². The second-order valence-electron chi connectivity index (χ2n) is 19.1. The number of hydrogen-bond acceptors (Lipinski definition) is 15. The van der Waals surface area contributed by atoms with Gasteiger partial charge in [0.25, 0.3) is 0 Å². The highest BCUT2D eigenvalue weighted by Crippen LogP contribution is 2.15. The van der Waals surface area contributed by atoms with Crippen molar-refractivity contribution in [2.45, 2.75) is 147 Å². The summed E-state index contributed by atoms with van der Waals surface area (Å²) in [5.74, 6) is -9.29. The van der Waals surface area contributed by atoms with E-state index in [4.69, 9.17) is 17.2 Å². The van der Waals surface area contributed by atoms with Crippen molar-refractivity contribution in [1.82, 2.24) is 42.5 Å². The SMILES string of the molecule is CC(C)C[C@H](NC(=O)[C@H](C)N)C(=O)N[C@@H](CC(C)C)C(=O)N[C@@H](CCCN=C(N)N)C(=O)N[C@@H](CO)C(=O)N[C@@H](C)C(=O)N[C@H](C(=O)N[C@@H](Cc1ccc(O)cc1)C(=O)N[C@@H](Cc1ccc(O)cc1)C(=O)O)[C@@H](C)O. The first kappa shape index (κ1) is 63.5. The highest BCUT2D eigenvalue weighted by molar-refractivity contribution is 5.98. The Hall–Kier alpha value is -7.58. The third-order valence-corrected chi connectivity index (χ3v) is 11.3. The summed E-state index contributed by atoms with van der Waals surface area (Å²) in [6.45, 7) is 10.0. The Morgan fingerprint density at radius 1 is 0.520 bits per heavy atom. The Morgan fingerprint density at radius 2 is 0.920 bits per heavy atom.